The van der Waals surface area contributed by atoms with Crippen molar-refractivity contribution in [3.05, 3.63) is 54.5 Å². The summed E-state index contributed by atoms with van der Waals surface area (Å²) in [6.07, 6.45) is -0.124. The van der Waals surface area contributed by atoms with Gasteiger partial charge in [0, 0.05) is 62.5 Å². The third-order valence-corrected chi connectivity index (χ3v) is 7.41. The Hall–Kier alpha value is -3.12. The molecule has 180 valence electrons. The van der Waals surface area contributed by atoms with Crippen LogP contribution in [0.25, 0.3) is 10.9 Å². The van der Waals surface area contributed by atoms with Gasteiger partial charge in [-0.05, 0) is 24.6 Å². The Morgan fingerprint density at radius 3 is 2.41 bits per heavy atom. The maximum atomic E-state index is 12.5. The van der Waals surface area contributed by atoms with E-state index in [0.717, 1.165) is 42.6 Å². The van der Waals surface area contributed by atoms with Gasteiger partial charge in [0.15, 0.2) is 0 Å². The summed E-state index contributed by atoms with van der Waals surface area (Å²) in [5.74, 6) is -2.01. The maximum absolute atomic E-state index is 12.5. The number of nitrogens with zero attached hydrogens (tertiary/aromatic N) is 6. The Kier molecular flexibility index (Phi) is 6.54. The highest BCUT2D eigenvalue weighted by Gasteiger charge is 2.39. The lowest BCUT2D eigenvalue weighted by Gasteiger charge is -2.38. The van der Waals surface area contributed by atoms with E-state index in [4.69, 9.17) is 0 Å². The minimum absolute atomic E-state index is 0.133. The maximum Gasteiger partial charge on any atom is 0.474 e. The Morgan fingerprint density at radius 1 is 1.09 bits per heavy atom. The van der Waals surface area contributed by atoms with Crippen LogP contribution in [0.2, 0.25) is 0 Å². The Labute approximate surface area is 195 Å². The van der Waals surface area contributed by atoms with Gasteiger partial charge in [0.1, 0.15) is 0 Å². The third-order valence-electron chi connectivity index (χ3n) is 5.81. The number of hydrogen-bond donors (Lipinski definition) is 0. The zero-order valence-electron chi connectivity index (χ0n) is 18.6. The molecule has 0 spiro atoms. The molecule has 0 aliphatic carbocycles. The standard InChI is InChI=1S/C22H23F3N6O2S/c1-15(17-6-5-16-4-3-7-26-19(16)12-17)30-8-10-31(11-9-30)21-27-13-18(14-28-21)34(2,33)29-20(32)22(23,24)25/h3-7,12-15H,8-11H2,1-2H3. The van der Waals surface area contributed by atoms with Crippen molar-refractivity contribution in [3.8, 4) is 0 Å². The van der Waals surface area contributed by atoms with E-state index in [1.807, 2.05) is 17.0 Å². The molecule has 1 aliphatic heterocycles. The molecule has 1 aromatic carbocycles. The Balaban J connectivity index is 1.41. The number of alkyl halides is 3. The van der Waals surface area contributed by atoms with E-state index in [0.29, 0.717) is 19.0 Å². The number of amides is 1. The largest absolute Gasteiger partial charge is 0.474 e. The number of pyridine rings is 1. The van der Waals surface area contributed by atoms with Crippen molar-refractivity contribution in [2.45, 2.75) is 24.0 Å². The monoisotopic (exact) mass is 492 g/mol. The zero-order valence-corrected chi connectivity index (χ0v) is 19.4. The number of carbonyl (C=O) groups is 1. The molecule has 3 heterocycles. The Morgan fingerprint density at radius 2 is 1.76 bits per heavy atom. The molecule has 2 aromatic heterocycles. The van der Waals surface area contributed by atoms with E-state index in [9.17, 15) is 22.2 Å². The fourth-order valence-electron chi connectivity index (χ4n) is 3.79. The van der Waals surface area contributed by atoms with Crippen LogP contribution in [0.3, 0.4) is 0 Å². The number of anilines is 1. The second kappa shape index (κ2) is 9.26. The Bertz CT molecular complexity index is 1310. The quantitative estimate of drug-likeness (QED) is 0.551. The molecule has 4 rings (SSSR count). The highest BCUT2D eigenvalue weighted by atomic mass is 32.2. The van der Waals surface area contributed by atoms with Crippen LogP contribution in [0.4, 0.5) is 19.1 Å². The van der Waals surface area contributed by atoms with Gasteiger partial charge in [-0.15, -0.1) is 4.36 Å². The minimum atomic E-state index is -5.18. The number of aromatic nitrogens is 3. The van der Waals surface area contributed by atoms with Crippen molar-refractivity contribution >= 4 is 32.5 Å². The van der Waals surface area contributed by atoms with Crippen LogP contribution >= 0.6 is 0 Å². The van der Waals surface area contributed by atoms with Crippen LogP contribution < -0.4 is 4.90 Å². The highest BCUT2D eigenvalue weighted by Crippen LogP contribution is 2.26. The van der Waals surface area contributed by atoms with Gasteiger partial charge in [0.05, 0.1) is 20.1 Å². The van der Waals surface area contributed by atoms with Crippen LogP contribution in [-0.2, 0) is 14.5 Å². The molecule has 8 nitrogen and oxygen atoms in total. The summed E-state index contributed by atoms with van der Waals surface area (Å²) in [6, 6.07) is 10.4. The number of rotatable bonds is 4. The van der Waals surface area contributed by atoms with Crippen molar-refractivity contribution in [1.82, 2.24) is 19.9 Å². The predicted octanol–water partition coefficient (Wildman–Crippen LogP) is 3.45. The zero-order chi connectivity index (χ0) is 24.5. The van der Waals surface area contributed by atoms with E-state index in [1.165, 1.54) is 5.56 Å². The summed E-state index contributed by atoms with van der Waals surface area (Å²) < 4.78 is 52.7. The summed E-state index contributed by atoms with van der Waals surface area (Å²) in [4.78, 5) is 28.0. The summed E-state index contributed by atoms with van der Waals surface area (Å²) in [5.41, 5.74) is 2.13. The average molecular weight is 493 g/mol. The molecule has 0 saturated carbocycles. The fraction of sp³-hybridized carbons (Fsp3) is 0.364. The number of halogens is 3. The van der Waals surface area contributed by atoms with Gasteiger partial charge >= 0.3 is 12.1 Å². The minimum Gasteiger partial charge on any atom is -0.338 e. The average Bonchev–Trinajstić information content (AvgIpc) is 2.82. The summed E-state index contributed by atoms with van der Waals surface area (Å²) in [5, 5.41) is 1.09. The number of carbonyl (C=O) groups excluding carboxylic acids is 1. The van der Waals surface area contributed by atoms with Crippen molar-refractivity contribution in [1.29, 1.82) is 0 Å². The van der Waals surface area contributed by atoms with Crippen molar-refractivity contribution in [3.63, 3.8) is 0 Å². The predicted molar refractivity (Wildman–Crippen MR) is 122 cm³/mol. The number of benzene rings is 1. The SMILES string of the molecule is CC(c1ccc2cccnc2c1)N1CCN(c2ncc(S(C)(=O)=NC(=O)C(F)(F)F)cn2)CC1. The van der Waals surface area contributed by atoms with E-state index in [-0.39, 0.29) is 10.9 Å². The normalized spacial score (nSPS) is 17.9. The van der Waals surface area contributed by atoms with E-state index in [1.54, 1.807) is 6.20 Å². The molecule has 1 amide bonds. The van der Waals surface area contributed by atoms with Crippen molar-refractivity contribution in [2.24, 2.45) is 4.36 Å². The van der Waals surface area contributed by atoms with Crippen LogP contribution in [0.1, 0.15) is 18.5 Å². The summed E-state index contributed by atoms with van der Waals surface area (Å²) in [6.45, 7) is 4.95. The first-order valence-electron chi connectivity index (χ1n) is 10.5. The van der Waals surface area contributed by atoms with Gasteiger partial charge in [-0.2, -0.15) is 13.2 Å². The highest BCUT2D eigenvalue weighted by molar-refractivity contribution is 7.93. The van der Waals surface area contributed by atoms with Crippen molar-refractivity contribution < 1.29 is 22.2 Å². The molecule has 34 heavy (non-hydrogen) atoms. The van der Waals surface area contributed by atoms with Crippen LogP contribution in [0.5, 0.6) is 0 Å². The molecule has 2 atom stereocenters. The van der Waals surface area contributed by atoms with E-state index < -0.39 is 21.8 Å². The fourth-order valence-corrected chi connectivity index (χ4v) is 4.82. The molecular formula is C22H23F3N6O2S. The molecular weight excluding hydrogens is 469 g/mol. The second-order valence-electron chi connectivity index (χ2n) is 8.07. The van der Waals surface area contributed by atoms with Gasteiger partial charge in [0.2, 0.25) is 5.95 Å². The molecule has 0 bridgehead atoms. The molecule has 12 heteroatoms. The molecule has 2 unspecified atom stereocenters. The van der Waals surface area contributed by atoms with Gasteiger partial charge in [-0.1, -0.05) is 18.2 Å². The molecule has 1 aliphatic rings. The summed E-state index contributed by atoms with van der Waals surface area (Å²) in [7, 11) is -3.61. The lowest BCUT2D eigenvalue weighted by atomic mass is 10.0. The first kappa shape index (κ1) is 24.0. The first-order valence-corrected chi connectivity index (χ1v) is 12.5. The molecule has 1 fully saturated rings. The molecule has 1 saturated heterocycles. The van der Waals surface area contributed by atoms with Gasteiger partial charge in [-0.3, -0.25) is 14.7 Å². The molecule has 3 aromatic rings. The van der Waals surface area contributed by atoms with Crippen LogP contribution in [-0.4, -0.2) is 68.6 Å². The summed E-state index contributed by atoms with van der Waals surface area (Å²) >= 11 is 0. The van der Waals surface area contributed by atoms with Crippen molar-refractivity contribution in [2.75, 3.05) is 37.3 Å². The van der Waals surface area contributed by atoms with Crippen LogP contribution in [0.15, 0.2) is 58.2 Å². The smallest absolute Gasteiger partial charge is 0.338 e. The van der Waals surface area contributed by atoms with Gasteiger partial charge in [0.25, 0.3) is 0 Å². The number of piperazine rings is 1. The third kappa shape index (κ3) is 5.17. The molecule has 0 radical (unpaired) electrons. The van der Waals surface area contributed by atoms with E-state index >= 15 is 0 Å². The lowest BCUT2D eigenvalue weighted by molar-refractivity contribution is -0.169. The van der Waals surface area contributed by atoms with Crippen LogP contribution in [0, 0.1) is 0 Å². The van der Waals surface area contributed by atoms with Gasteiger partial charge < -0.3 is 4.90 Å². The van der Waals surface area contributed by atoms with Gasteiger partial charge in [-0.25, -0.2) is 14.2 Å². The molecule has 0 N–H and O–H groups in total. The topological polar surface area (TPSA) is 91.7 Å². The lowest BCUT2D eigenvalue weighted by Crippen LogP contribution is -2.47. The number of fused-ring (bicyclic) bond motifs is 1. The first-order chi connectivity index (χ1) is 16.0. The number of hydrogen-bond acceptors (Lipinski definition) is 7. The second-order valence-corrected chi connectivity index (χ2v) is 10.3. The van der Waals surface area contributed by atoms with E-state index in [2.05, 4.69) is 49.3 Å².